The van der Waals surface area contributed by atoms with Crippen LogP contribution < -0.4 is 10.5 Å². The molecule has 0 radical (unpaired) electrons. The molecular weight excluding hydrogens is 230 g/mol. The lowest BCUT2D eigenvalue weighted by Crippen LogP contribution is -2.07. The summed E-state index contributed by atoms with van der Waals surface area (Å²) < 4.78 is 10.1. The van der Waals surface area contributed by atoms with Gasteiger partial charge in [-0.15, -0.1) is 6.42 Å². The molecule has 0 aliphatic carbocycles. The molecule has 0 unspecified atom stereocenters. The van der Waals surface area contributed by atoms with Gasteiger partial charge in [-0.2, -0.15) is 0 Å². The number of hydrogen-bond donors (Lipinski definition) is 1. The van der Waals surface area contributed by atoms with Crippen LogP contribution in [-0.2, 0) is 16.1 Å². The molecule has 0 atom stereocenters. The van der Waals surface area contributed by atoms with Gasteiger partial charge in [0.05, 0.1) is 13.7 Å². The van der Waals surface area contributed by atoms with Crippen molar-refractivity contribution in [3.05, 3.63) is 29.3 Å². The van der Waals surface area contributed by atoms with Crippen LogP contribution in [0.5, 0.6) is 5.75 Å². The largest absolute Gasteiger partial charge is 0.493 e. The monoisotopic (exact) mass is 247 g/mol. The van der Waals surface area contributed by atoms with Crippen molar-refractivity contribution in [2.45, 2.75) is 19.4 Å². The van der Waals surface area contributed by atoms with Crippen molar-refractivity contribution < 1.29 is 14.3 Å². The highest BCUT2D eigenvalue weighted by Crippen LogP contribution is 2.20. The van der Waals surface area contributed by atoms with E-state index in [1.165, 1.54) is 7.11 Å². The van der Waals surface area contributed by atoms with E-state index in [0.717, 1.165) is 11.1 Å². The molecule has 0 amide bonds. The Kier molecular flexibility index (Phi) is 5.75. The second kappa shape index (κ2) is 7.36. The van der Waals surface area contributed by atoms with E-state index in [-0.39, 0.29) is 5.97 Å². The molecule has 0 saturated heterocycles. The fraction of sp³-hybridized carbons (Fsp3) is 0.357. The van der Waals surface area contributed by atoms with Crippen molar-refractivity contribution in [1.29, 1.82) is 0 Å². The Morgan fingerprint density at radius 2 is 2.28 bits per heavy atom. The predicted molar refractivity (Wildman–Crippen MR) is 69.0 cm³/mol. The van der Waals surface area contributed by atoms with E-state index < -0.39 is 0 Å². The van der Waals surface area contributed by atoms with E-state index >= 15 is 0 Å². The average Bonchev–Trinajstić information content (AvgIpc) is 2.42. The van der Waals surface area contributed by atoms with E-state index in [9.17, 15) is 4.79 Å². The molecule has 1 aromatic carbocycles. The number of benzene rings is 1. The van der Waals surface area contributed by atoms with Crippen LogP contribution >= 0.6 is 0 Å². The number of terminal acetylenes is 1. The first-order valence-corrected chi connectivity index (χ1v) is 5.70. The molecule has 0 heterocycles. The van der Waals surface area contributed by atoms with Crippen molar-refractivity contribution >= 4 is 5.97 Å². The predicted octanol–water partition coefficient (Wildman–Crippen LogP) is 1.46. The minimum absolute atomic E-state index is 0.241. The lowest BCUT2D eigenvalue weighted by atomic mass is 10.1. The summed E-state index contributed by atoms with van der Waals surface area (Å²) >= 11 is 0. The highest BCUT2D eigenvalue weighted by Gasteiger charge is 2.04. The molecule has 96 valence electrons. The second-order valence-electron chi connectivity index (χ2n) is 3.70. The smallest absolute Gasteiger partial charge is 0.305 e. The summed E-state index contributed by atoms with van der Waals surface area (Å²) in [5, 5.41) is 0. The zero-order chi connectivity index (χ0) is 13.4. The number of esters is 1. The SMILES string of the molecule is C#Cc1ccc(CN)c(OCCCC(=O)OC)c1. The van der Waals surface area contributed by atoms with E-state index in [4.69, 9.17) is 16.9 Å². The van der Waals surface area contributed by atoms with Gasteiger partial charge in [-0.05, 0) is 18.6 Å². The van der Waals surface area contributed by atoms with Crippen molar-refractivity contribution in [2.75, 3.05) is 13.7 Å². The Labute approximate surface area is 107 Å². The van der Waals surface area contributed by atoms with E-state index in [1.54, 1.807) is 6.07 Å². The number of methoxy groups -OCH3 is 1. The number of nitrogens with two attached hydrogens (primary N) is 1. The highest BCUT2D eigenvalue weighted by atomic mass is 16.5. The molecule has 1 aromatic rings. The Balaban J connectivity index is 2.55. The van der Waals surface area contributed by atoms with Gasteiger partial charge < -0.3 is 15.2 Å². The molecule has 0 spiro atoms. The van der Waals surface area contributed by atoms with Gasteiger partial charge in [-0.25, -0.2) is 0 Å². The molecule has 4 nitrogen and oxygen atoms in total. The van der Waals surface area contributed by atoms with Gasteiger partial charge in [-0.3, -0.25) is 4.79 Å². The Hall–Kier alpha value is -1.99. The van der Waals surface area contributed by atoms with Crippen molar-refractivity contribution in [3.63, 3.8) is 0 Å². The molecule has 1 rings (SSSR count). The van der Waals surface area contributed by atoms with Crippen LogP contribution in [-0.4, -0.2) is 19.7 Å². The minimum atomic E-state index is -0.241. The molecule has 0 fully saturated rings. The number of carbonyl (C=O) groups excluding carboxylic acids is 1. The van der Waals surface area contributed by atoms with Crippen molar-refractivity contribution in [1.82, 2.24) is 0 Å². The summed E-state index contributed by atoms with van der Waals surface area (Å²) in [5.41, 5.74) is 7.25. The fourth-order valence-corrected chi connectivity index (χ4v) is 1.45. The van der Waals surface area contributed by atoms with Gasteiger partial charge in [0.2, 0.25) is 0 Å². The van der Waals surface area contributed by atoms with Gasteiger partial charge >= 0.3 is 5.97 Å². The quantitative estimate of drug-likeness (QED) is 0.469. The van der Waals surface area contributed by atoms with Crippen LogP contribution in [0.1, 0.15) is 24.0 Å². The Morgan fingerprint density at radius 1 is 1.50 bits per heavy atom. The lowest BCUT2D eigenvalue weighted by Gasteiger charge is -2.10. The van der Waals surface area contributed by atoms with Gasteiger partial charge in [0.25, 0.3) is 0 Å². The molecule has 2 N–H and O–H groups in total. The lowest BCUT2D eigenvalue weighted by molar-refractivity contribution is -0.140. The van der Waals surface area contributed by atoms with Crippen molar-refractivity contribution in [2.24, 2.45) is 5.73 Å². The third-order valence-corrected chi connectivity index (χ3v) is 2.46. The van der Waals surface area contributed by atoms with Gasteiger partial charge in [0.15, 0.2) is 0 Å². The molecule has 0 aromatic heterocycles. The zero-order valence-corrected chi connectivity index (χ0v) is 10.4. The summed E-state index contributed by atoms with van der Waals surface area (Å²) in [6.45, 7) is 0.813. The maximum absolute atomic E-state index is 10.9. The maximum Gasteiger partial charge on any atom is 0.305 e. The standard InChI is InChI=1S/C14H17NO3/c1-3-11-6-7-12(10-15)13(9-11)18-8-4-5-14(16)17-2/h1,6-7,9H,4-5,8,10,15H2,2H3. The third kappa shape index (κ3) is 4.11. The molecule has 4 heteroatoms. The average molecular weight is 247 g/mol. The first-order valence-electron chi connectivity index (χ1n) is 5.70. The molecule has 0 saturated carbocycles. The van der Waals surface area contributed by atoms with Crippen LogP contribution in [0.4, 0.5) is 0 Å². The van der Waals surface area contributed by atoms with E-state index in [2.05, 4.69) is 10.7 Å². The van der Waals surface area contributed by atoms with Gasteiger partial charge in [0, 0.05) is 24.1 Å². The topological polar surface area (TPSA) is 61.5 Å². The summed E-state index contributed by atoms with van der Waals surface area (Å²) in [7, 11) is 1.37. The summed E-state index contributed by atoms with van der Waals surface area (Å²) in [4.78, 5) is 10.9. The highest BCUT2D eigenvalue weighted by molar-refractivity contribution is 5.69. The molecule has 0 aliphatic rings. The Morgan fingerprint density at radius 3 is 2.89 bits per heavy atom. The first kappa shape index (κ1) is 14.1. The normalized spacial score (nSPS) is 9.61. The number of rotatable bonds is 6. The zero-order valence-electron chi connectivity index (χ0n) is 10.4. The van der Waals surface area contributed by atoms with Crippen LogP contribution in [0.2, 0.25) is 0 Å². The molecular formula is C14H17NO3. The fourth-order valence-electron chi connectivity index (χ4n) is 1.45. The number of hydrogen-bond acceptors (Lipinski definition) is 4. The Bertz CT molecular complexity index is 449. The summed E-state index contributed by atoms with van der Waals surface area (Å²) in [6.07, 6.45) is 6.26. The van der Waals surface area contributed by atoms with Gasteiger partial charge in [-0.1, -0.05) is 12.0 Å². The van der Waals surface area contributed by atoms with Crippen LogP contribution in [0, 0.1) is 12.3 Å². The minimum Gasteiger partial charge on any atom is -0.493 e. The maximum atomic E-state index is 10.9. The molecule has 0 bridgehead atoms. The summed E-state index contributed by atoms with van der Waals surface area (Å²) in [6, 6.07) is 5.45. The second-order valence-corrected chi connectivity index (χ2v) is 3.70. The number of ether oxygens (including phenoxy) is 2. The number of carbonyl (C=O) groups is 1. The molecule has 18 heavy (non-hydrogen) atoms. The van der Waals surface area contributed by atoms with Crippen molar-refractivity contribution in [3.8, 4) is 18.1 Å². The van der Waals surface area contributed by atoms with Crippen LogP contribution in [0.25, 0.3) is 0 Å². The molecule has 0 aliphatic heterocycles. The van der Waals surface area contributed by atoms with Crippen LogP contribution in [0.3, 0.4) is 0 Å². The third-order valence-electron chi connectivity index (χ3n) is 2.46. The van der Waals surface area contributed by atoms with Crippen LogP contribution in [0.15, 0.2) is 18.2 Å². The van der Waals surface area contributed by atoms with E-state index in [0.29, 0.717) is 31.7 Å². The van der Waals surface area contributed by atoms with Gasteiger partial charge in [0.1, 0.15) is 5.75 Å². The van der Waals surface area contributed by atoms with E-state index in [1.807, 2.05) is 12.1 Å². The first-order chi connectivity index (χ1) is 8.71. The summed E-state index contributed by atoms with van der Waals surface area (Å²) in [5.74, 6) is 2.98.